The van der Waals surface area contributed by atoms with Crippen molar-refractivity contribution in [1.82, 2.24) is 10.2 Å². The minimum Gasteiger partial charge on any atom is -0.481 e. The van der Waals surface area contributed by atoms with E-state index in [1.165, 1.54) is 0 Å². The zero-order valence-corrected chi connectivity index (χ0v) is 11.2. The number of nitrogens with one attached hydrogen (secondary N) is 1. The lowest BCUT2D eigenvalue weighted by Gasteiger charge is -2.27. The maximum absolute atomic E-state index is 12.0. The van der Waals surface area contributed by atoms with Gasteiger partial charge in [0.1, 0.15) is 0 Å². The van der Waals surface area contributed by atoms with Crippen LogP contribution in [0.1, 0.15) is 40.5 Å². The van der Waals surface area contributed by atoms with Crippen LogP contribution in [0, 0.1) is 0 Å². The predicted molar refractivity (Wildman–Crippen MR) is 66.9 cm³/mol. The fraction of sp³-hybridized carbons (Fsp3) is 0.833. The highest BCUT2D eigenvalue weighted by molar-refractivity contribution is 5.77. The van der Waals surface area contributed by atoms with Crippen molar-refractivity contribution >= 4 is 11.9 Å². The van der Waals surface area contributed by atoms with E-state index in [0.29, 0.717) is 6.42 Å². The normalized spacial score (nSPS) is 12.5. The summed E-state index contributed by atoms with van der Waals surface area (Å²) in [4.78, 5) is 24.1. The molecule has 5 heteroatoms. The molecule has 17 heavy (non-hydrogen) atoms. The van der Waals surface area contributed by atoms with E-state index in [1.807, 2.05) is 27.7 Å². The molecular formula is C12H24N2O3. The van der Waals surface area contributed by atoms with E-state index in [-0.39, 0.29) is 31.0 Å². The van der Waals surface area contributed by atoms with Gasteiger partial charge in [-0.05, 0) is 27.3 Å². The van der Waals surface area contributed by atoms with E-state index >= 15 is 0 Å². The molecule has 0 fully saturated rings. The molecule has 0 rings (SSSR count). The minimum absolute atomic E-state index is 0.000489. The fourth-order valence-corrected chi connectivity index (χ4v) is 1.69. The zero-order valence-electron chi connectivity index (χ0n) is 11.2. The molecule has 2 N–H and O–H groups in total. The van der Waals surface area contributed by atoms with E-state index in [2.05, 4.69) is 5.32 Å². The van der Waals surface area contributed by atoms with Gasteiger partial charge in [0.05, 0.1) is 6.42 Å². The summed E-state index contributed by atoms with van der Waals surface area (Å²) in [5.41, 5.74) is 0. The molecule has 0 heterocycles. The summed E-state index contributed by atoms with van der Waals surface area (Å²) < 4.78 is 0. The molecule has 0 spiro atoms. The van der Waals surface area contributed by atoms with Crippen molar-refractivity contribution in [3.63, 3.8) is 0 Å². The van der Waals surface area contributed by atoms with E-state index in [4.69, 9.17) is 5.11 Å². The van der Waals surface area contributed by atoms with Gasteiger partial charge in [0.2, 0.25) is 5.91 Å². The van der Waals surface area contributed by atoms with Gasteiger partial charge in [0.15, 0.2) is 0 Å². The van der Waals surface area contributed by atoms with Crippen LogP contribution in [0.25, 0.3) is 0 Å². The monoisotopic (exact) mass is 244 g/mol. The first-order chi connectivity index (χ1) is 7.88. The molecule has 0 aliphatic heterocycles. The molecule has 1 atom stereocenters. The highest BCUT2D eigenvalue weighted by Gasteiger charge is 2.19. The van der Waals surface area contributed by atoms with Crippen molar-refractivity contribution in [2.45, 2.75) is 52.6 Å². The first-order valence-corrected chi connectivity index (χ1v) is 6.13. The average Bonchev–Trinajstić information content (AvgIpc) is 2.16. The maximum Gasteiger partial charge on any atom is 0.305 e. The van der Waals surface area contributed by atoms with E-state index in [9.17, 15) is 9.59 Å². The summed E-state index contributed by atoms with van der Waals surface area (Å²) in [6, 6.07) is 0.161. The Morgan fingerprint density at radius 3 is 2.29 bits per heavy atom. The third-order valence-electron chi connectivity index (χ3n) is 2.54. The van der Waals surface area contributed by atoms with Crippen molar-refractivity contribution in [2.24, 2.45) is 0 Å². The topological polar surface area (TPSA) is 69.6 Å². The van der Waals surface area contributed by atoms with Crippen LogP contribution in [0.4, 0.5) is 0 Å². The van der Waals surface area contributed by atoms with Gasteiger partial charge in [0.25, 0.3) is 0 Å². The van der Waals surface area contributed by atoms with Crippen molar-refractivity contribution < 1.29 is 14.7 Å². The molecule has 0 saturated carbocycles. The lowest BCUT2D eigenvalue weighted by Crippen LogP contribution is -2.41. The van der Waals surface area contributed by atoms with Gasteiger partial charge in [-0.25, -0.2) is 0 Å². The number of rotatable bonds is 8. The first-order valence-electron chi connectivity index (χ1n) is 6.13. The minimum atomic E-state index is -0.872. The molecule has 0 aliphatic rings. The van der Waals surface area contributed by atoms with Crippen molar-refractivity contribution in [3.8, 4) is 0 Å². The lowest BCUT2D eigenvalue weighted by molar-refractivity contribution is -0.139. The van der Waals surface area contributed by atoms with Crippen LogP contribution in [0.5, 0.6) is 0 Å². The molecule has 0 aliphatic carbocycles. The summed E-state index contributed by atoms with van der Waals surface area (Å²) >= 11 is 0. The number of carbonyl (C=O) groups is 2. The lowest BCUT2D eigenvalue weighted by atomic mass is 10.2. The highest BCUT2D eigenvalue weighted by atomic mass is 16.4. The number of hydrogen-bond donors (Lipinski definition) is 2. The highest BCUT2D eigenvalue weighted by Crippen LogP contribution is 2.05. The number of carboxylic acids is 1. The molecule has 1 amide bonds. The number of carbonyl (C=O) groups excluding carboxylic acids is 1. The molecule has 5 nitrogen and oxygen atoms in total. The summed E-state index contributed by atoms with van der Waals surface area (Å²) in [7, 11) is 0. The Morgan fingerprint density at radius 1 is 1.29 bits per heavy atom. The molecule has 0 bridgehead atoms. The van der Waals surface area contributed by atoms with Crippen LogP contribution in [0.2, 0.25) is 0 Å². The first kappa shape index (κ1) is 15.9. The van der Waals surface area contributed by atoms with Crippen LogP contribution in [-0.4, -0.2) is 47.1 Å². The molecular weight excluding hydrogens is 220 g/mol. The average molecular weight is 244 g/mol. The Balaban J connectivity index is 4.29. The van der Waals surface area contributed by atoms with Gasteiger partial charge < -0.3 is 15.3 Å². The van der Waals surface area contributed by atoms with Crippen LogP contribution in [-0.2, 0) is 9.59 Å². The van der Waals surface area contributed by atoms with Crippen LogP contribution >= 0.6 is 0 Å². The molecule has 0 radical (unpaired) electrons. The van der Waals surface area contributed by atoms with Gasteiger partial charge in [-0.3, -0.25) is 9.59 Å². The summed E-state index contributed by atoms with van der Waals surface area (Å²) in [5.74, 6) is -0.863. The molecule has 0 aromatic heterocycles. The Kier molecular flexibility index (Phi) is 7.54. The third kappa shape index (κ3) is 6.94. The van der Waals surface area contributed by atoms with Gasteiger partial charge >= 0.3 is 5.97 Å². The second kappa shape index (κ2) is 8.06. The number of amides is 1. The number of nitrogens with zero attached hydrogens (tertiary/aromatic N) is 1. The Hall–Kier alpha value is -1.10. The second-order valence-corrected chi connectivity index (χ2v) is 4.49. The van der Waals surface area contributed by atoms with Crippen molar-refractivity contribution in [2.75, 3.05) is 13.1 Å². The van der Waals surface area contributed by atoms with E-state index in [1.54, 1.807) is 4.90 Å². The molecule has 1 unspecified atom stereocenters. The Labute approximate surface area is 103 Å². The van der Waals surface area contributed by atoms with Gasteiger partial charge in [-0.2, -0.15) is 0 Å². The molecule has 100 valence electrons. The second-order valence-electron chi connectivity index (χ2n) is 4.49. The van der Waals surface area contributed by atoms with Crippen molar-refractivity contribution in [3.05, 3.63) is 0 Å². The third-order valence-corrected chi connectivity index (χ3v) is 2.54. The smallest absolute Gasteiger partial charge is 0.305 e. The standard InChI is InChI=1S/C12H24N2O3/c1-5-13-10(4)8-11(15)14(9(2)3)7-6-12(16)17/h9-10,13H,5-8H2,1-4H3,(H,16,17). The van der Waals surface area contributed by atoms with Crippen LogP contribution < -0.4 is 5.32 Å². The SMILES string of the molecule is CCNC(C)CC(=O)N(CCC(=O)O)C(C)C. The van der Waals surface area contributed by atoms with Crippen molar-refractivity contribution in [1.29, 1.82) is 0 Å². The predicted octanol–water partition coefficient (Wildman–Crippen LogP) is 1.09. The largest absolute Gasteiger partial charge is 0.481 e. The quantitative estimate of drug-likeness (QED) is 0.670. The number of aliphatic carboxylic acids is 1. The Morgan fingerprint density at radius 2 is 1.88 bits per heavy atom. The molecule has 0 aromatic carbocycles. The summed E-state index contributed by atoms with van der Waals surface area (Å²) in [5, 5.41) is 11.8. The molecule has 0 saturated heterocycles. The maximum atomic E-state index is 12.0. The van der Waals surface area contributed by atoms with Gasteiger partial charge in [-0.1, -0.05) is 6.92 Å². The van der Waals surface area contributed by atoms with Crippen LogP contribution in [0.15, 0.2) is 0 Å². The van der Waals surface area contributed by atoms with Gasteiger partial charge in [0, 0.05) is 25.0 Å². The van der Waals surface area contributed by atoms with Crippen LogP contribution in [0.3, 0.4) is 0 Å². The Bertz CT molecular complexity index is 254. The number of carboxylic acid groups (broad SMARTS) is 1. The zero-order chi connectivity index (χ0) is 13.4. The molecule has 0 aromatic rings. The fourth-order valence-electron chi connectivity index (χ4n) is 1.69. The van der Waals surface area contributed by atoms with E-state index in [0.717, 1.165) is 6.54 Å². The number of hydrogen-bond acceptors (Lipinski definition) is 3. The summed E-state index contributed by atoms with van der Waals surface area (Å²) in [6.45, 7) is 8.86. The van der Waals surface area contributed by atoms with E-state index < -0.39 is 5.97 Å². The summed E-state index contributed by atoms with van der Waals surface area (Å²) in [6.07, 6.45) is 0.408. The van der Waals surface area contributed by atoms with Gasteiger partial charge in [-0.15, -0.1) is 0 Å².